The fourth-order valence-corrected chi connectivity index (χ4v) is 1.73. The normalized spacial score (nSPS) is 14.5. The summed E-state index contributed by atoms with van der Waals surface area (Å²) < 4.78 is 34.6. The number of benzene rings is 1. The first-order chi connectivity index (χ1) is 6.75. The number of alkyl halides is 2. The van der Waals surface area contributed by atoms with E-state index in [-0.39, 0.29) is 0 Å². The average molecular weight is 218 g/mol. The van der Waals surface area contributed by atoms with Crippen LogP contribution in [0.2, 0.25) is 0 Å². The van der Waals surface area contributed by atoms with E-state index in [9.17, 15) is 8.78 Å². The molecule has 0 saturated carbocycles. The molecule has 2 nitrogen and oxygen atoms in total. The molecule has 0 bridgehead atoms. The molecule has 0 aromatic heterocycles. The monoisotopic (exact) mass is 218 g/mol. The molecule has 0 saturated heterocycles. The molecule has 0 amide bonds. The Morgan fingerprint density at radius 2 is 1.86 bits per heavy atom. The van der Waals surface area contributed by atoms with Gasteiger partial charge in [0.05, 0.1) is 0 Å². The molecule has 1 heterocycles. The Morgan fingerprint density at radius 1 is 1.14 bits per heavy atom. The largest absolute Gasteiger partial charge is 0.486 e. The minimum atomic E-state index is -2.41. The van der Waals surface area contributed by atoms with E-state index in [4.69, 9.17) is 9.47 Å². The Morgan fingerprint density at radius 3 is 2.57 bits per heavy atom. The van der Waals surface area contributed by atoms with Crippen molar-refractivity contribution in [3.05, 3.63) is 18.2 Å². The zero-order valence-corrected chi connectivity index (χ0v) is 8.02. The van der Waals surface area contributed by atoms with Gasteiger partial charge in [-0.3, -0.25) is 0 Å². The van der Waals surface area contributed by atoms with E-state index in [1.165, 1.54) is 0 Å². The predicted octanol–water partition coefficient (Wildman–Crippen LogP) is 2.77. The van der Waals surface area contributed by atoms with E-state index in [0.717, 1.165) is 0 Å². The van der Waals surface area contributed by atoms with Crippen LogP contribution in [0.4, 0.5) is 8.78 Å². The van der Waals surface area contributed by atoms with Crippen molar-refractivity contribution in [3.63, 3.8) is 0 Å². The molecule has 1 aromatic rings. The van der Waals surface area contributed by atoms with E-state index in [2.05, 4.69) is 0 Å². The van der Waals surface area contributed by atoms with E-state index in [1.54, 1.807) is 18.2 Å². The molecule has 0 aliphatic carbocycles. The van der Waals surface area contributed by atoms with Crippen LogP contribution in [0.5, 0.6) is 11.5 Å². The summed E-state index contributed by atoms with van der Waals surface area (Å²) >= 11 is 0.502. The van der Waals surface area contributed by atoms with Gasteiger partial charge in [-0.15, -0.1) is 0 Å². The molecular formula is C9H8F2O2S. The van der Waals surface area contributed by atoms with Crippen LogP contribution >= 0.6 is 11.8 Å². The zero-order valence-electron chi connectivity index (χ0n) is 7.20. The van der Waals surface area contributed by atoms with Crippen LogP contribution in [0, 0.1) is 0 Å². The molecule has 0 unspecified atom stereocenters. The third kappa shape index (κ3) is 2.09. The van der Waals surface area contributed by atoms with Gasteiger partial charge < -0.3 is 9.47 Å². The Kier molecular flexibility index (Phi) is 2.77. The molecule has 1 aromatic carbocycles. The maximum Gasteiger partial charge on any atom is 0.288 e. The summed E-state index contributed by atoms with van der Waals surface area (Å²) in [5, 5.41) is 0. The van der Waals surface area contributed by atoms with Gasteiger partial charge in [0.15, 0.2) is 11.5 Å². The number of thioether (sulfide) groups is 1. The number of ether oxygens (including phenoxy) is 2. The van der Waals surface area contributed by atoms with Gasteiger partial charge in [0, 0.05) is 4.90 Å². The Labute approximate surface area is 84.2 Å². The summed E-state index contributed by atoms with van der Waals surface area (Å²) in [4.78, 5) is 0.490. The van der Waals surface area contributed by atoms with Crippen molar-refractivity contribution >= 4 is 11.8 Å². The lowest BCUT2D eigenvalue weighted by Gasteiger charge is -2.18. The molecule has 76 valence electrons. The van der Waals surface area contributed by atoms with Crippen LogP contribution in [0.25, 0.3) is 0 Å². The summed E-state index contributed by atoms with van der Waals surface area (Å²) in [6.07, 6.45) is 0. The summed E-state index contributed by atoms with van der Waals surface area (Å²) in [7, 11) is 0. The summed E-state index contributed by atoms with van der Waals surface area (Å²) in [6.45, 7) is 0.976. The average Bonchev–Trinajstić information content (AvgIpc) is 2.17. The molecule has 0 N–H and O–H groups in total. The predicted molar refractivity (Wildman–Crippen MR) is 49.3 cm³/mol. The Balaban J connectivity index is 2.20. The highest BCUT2D eigenvalue weighted by molar-refractivity contribution is 7.99. The Hall–Kier alpha value is -0.970. The lowest BCUT2D eigenvalue weighted by atomic mass is 10.3. The molecule has 1 aliphatic rings. The number of hydrogen-bond donors (Lipinski definition) is 0. The molecule has 2 rings (SSSR count). The van der Waals surface area contributed by atoms with Gasteiger partial charge in [-0.25, -0.2) is 0 Å². The summed E-state index contributed by atoms with van der Waals surface area (Å²) in [5.74, 6) is -1.24. The molecule has 5 heteroatoms. The number of hydrogen-bond acceptors (Lipinski definition) is 3. The maximum atomic E-state index is 12.0. The fraction of sp³-hybridized carbons (Fsp3) is 0.333. The van der Waals surface area contributed by atoms with Crippen LogP contribution in [-0.4, -0.2) is 19.0 Å². The standard InChI is InChI=1S/C9H8F2O2S/c10-9(11)14-6-1-2-7-8(5-6)13-4-3-12-7/h1-2,5,9H,3-4H2. The lowest BCUT2D eigenvalue weighted by molar-refractivity contribution is 0.171. The second kappa shape index (κ2) is 4.04. The second-order valence-corrected chi connectivity index (χ2v) is 3.75. The van der Waals surface area contributed by atoms with Gasteiger partial charge in [-0.1, -0.05) is 11.8 Å². The third-order valence-corrected chi connectivity index (χ3v) is 2.44. The number of fused-ring (bicyclic) bond motifs is 1. The molecule has 0 atom stereocenters. The van der Waals surface area contributed by atoms with Crippen molar-refractivity contribution < 1.29 is 18.3 Å². The maximum absolute atomic E-state index is 12.0. The first-order valence-corrected chi connectivity index (χ1v) is 4.98. The van der Waals surface area contributed by atoms with Crippen LogP contribution in [0.15, 0.2) is 23.1 Å². The second-order valence-electron chi connectivity index (χ2n) is 2.68. The van der Waals surface area contributed by atoms with Crippen molar-refractivity contribution in [1.82, 2.24) is 0 Å². The molecule has 0 radical (unpaired) electrons. The summed E-state index contributed by atoms with van der Waals surface area (Å²) in [6, 6.07) is 4.83. The van der Waals surface area contributed by atoms with Gasteiger partial charge >= 0.3 is 0 Å². The lowest BCUT2D eigenvalue weighted by Crippen LogP contribution is -2.15. The minimum Gasteiger partial charge on any atom is -0.486 e. The van der Waals surface area contributed by atoms with Crippen LogP contribution in [0.3, 0.4) is 0 Å². The molecule has 14 heavy (non-hydrogen) atoms. The van der Waals surface area contributed by atoms with E-state index < -0.39 is 5.76 Å². The van der Waals surface area contributed by atoms with Crippen molar-refractivity contribution in [2.75, 3.05) is 13.2 Å². The van der Waals surface area contributed by atoms with Gasteiger partial charge in [0.1, 0.15) is 13.2 Å². The van der Waals surface area contributed by atoms with Gasteiger partial charge in [0.2, 0.25) is 0 Å². The van der Waals surface area contributed by atoms with Gasteiger partial charge in [-0.05, 0) is 18.2 Å². The highest BCUT2D eigenvalue weighted by atomic mass is 32.2. The first-order valence-electron chi connectivity index (χ1n) is 4.10. The quantitative estimate of drug-likeness (QED) is 0.711. The van der Waals surface area contributed by atoms with Crippen LogP contribution in [-0.2, 0) is 0 Å². The minimum absolute atomic E-state index is 0.468. The van der Waals surface area contributed by atoms with Crippen LogP contribution in [0.1, 0.15) is 0 Å². The Bertz CT molecular complexity index is 331. The number of rotatable bonds is 2. The third-order valence-electron chi connectivity index (χ3n) is 1.74. The SMILES string of the molecule is FC(F)Sc1ccc2c(c1)OCCO2. The van der Waals surface area contributed by atoms with E-state index in [0.29, 0.717) is 41.4 Å². The molecule has 0 spiro atoms. The molecular weight excluding hydrogens is 210 g/mol. The summed E-state index contributed by atoms with van der Waals surface area (Å²) in [5.41, 5.74) is 0. The van der Waals surface area contributed by atoms with Crippen molar-refractivity contribution in [2.45, 2.75) is 10.7 Å². The zero-order chi connectivity index (χ0) is 9.97. The highest BCUT2D eigenvalue weighted by Gasteiger charge is 2.13. The topological polar surface area (TPSA) is 18.5 Å². The molecule has 1 aliphatic heterocycles. The molecule has 0 fully saturated rings. The number of halogens is 2. The fourth-order valence-electron chi connectivity index (χ4n) is 1.20. The van der Waals surface area contributed by atoms with E-state index >= 15 is 0 Å². The van der Waals surface area contributed by atoms with E-state index in [1.807, 2.05) is 0 Å². The van der Waals surface area contributed by atoms with Gasteiger partial charge in [-0.2, -0.15) is 8.78 Å². The van der Waals surface area contributed by atoms with Crippen LogP contribution < -0.4 is 9.47 Å². The smallest absolute Gasteiger partial charge is 0.288 e. The first kappa shape index (κ1) is 9.58. The highest BCUT2D eigenvalue weighted by Crippen LogP contribution is 2.35. The van der Waals surface area contributed by atoms with Crippen molar-refractivity contribution in [2.24, 2.45) is 0 Å². The van der Waals surface area contributed by atoms with Gasteiger partial charge in [0.25, 0.3) is 5.76 Å². The van der Waals surface area contributed by atoms with Crippen molar-refractivity contribution in [3.8, 4) is 11.5 Å². The van der Waals surface area contributed by atoms with Crippen molar-refractivity contribution in [1.29, 1.82) is 0 Å².